The Balaban J connectivity index is 2.71. The van der Waals surface area contributed by atoms with Crippen molar-refractivity contribution >= 4 is 5.97 Å². The third kappa shape index (κ3) is 3.34. The van der Waals surface area contributed by atoms with Crippen molar-refractivity contribution in [1.29, 1.82) is 0 Å². The minimum absolute atomic E-state index is 0.0230. The van der Waals surface area contributed by atoms with Gasteiger partial charge in [0, 0.05) is 0 Å². The molecule has 0 heterocycles. The number of carbonyl (C=O) groups excluding carboxylic acids is 1. The quantitative estimate of drug-likeness (QED) is 0.564. The van der Waals surface area contributed by atoms with Gasteiger partial charge in [0.2, 0.25) is 0 Å². The Morgan fingerprint density at radius 1 is 1.33 bits per heavy atom. The fraction of sp³-hybridized carbons (Fsp3) is 0.364. The van der Waals surface area contributed by atoms with E-state index in [2.05, 4.69) is 0 Å². The smallest absolute Gasteiger partial charge is 0.309 e. The predicted molar refractivity (Wildman–Crippen MR) is 57.7 cm³/mol. The molecule has 0 saturated carbocycles. The summed E-state index contributed by atoms with van der Waals surface area (Å²) >= 11 is 0. The first-order valence-electron chi connectivity index (χ1n) is 4.85. The van der Waals surface area contributed by atoms with Crippen molar-refractivity contribution in [3.8, 4) is 0 Å². The third-order valence-electron chi connectivity index (χ3n) is 2.05. The Kier molecular flexibility index (Phi) is 3.82. The third-order valence-corrected chi connectivity index (χ3v) is 2.05. The van der Waals surface area contributed by atoms with Crippen LogP contribution in [0, 0.1) is 0 Å². The van der Waals surface area contributed by atoms with Gasteiger partial charge in [-0.3, -0.25) is 4.79 Å². The molecule has 82 valence electrons. The molecule has 0 bridgehead atoms. The summed E-state index contributed by atoms with van der Waals surface area (Å²) in [7, 11) is 0. The second-order valence-electron chi connectivity index (χ2n) is 3.39. The maximum absolute atomic E-state index is 11.2. The van der Waals surface area contributed by atoms with E-state index in [-0.39, 0.29) is 12.4 Å². The van der Waals surface area contributed by atoms with Crippen molar-refractivity contribution < 1.29 is 9.53 Å². The SMILES string of the molecule is CCOC(=O)CC(N)(N)c1ccccc1. The first kappa shape index (κ1) is 11.7. The molecule has 0 saturated heterocycles. The first-order chi connectivity index (χ1) is 7.06. The highest BCUT2D eigenvalue weighted by Gasteiger charge is 2.25. The Bertz CT molecular complexity index is 323. The lowest BCUT2D eigenvalue weighted by molar-refractivity contribution is -0.144. The zero-order valence-electron chi connectivity index (χ0n) is 8.77. The summed E-state index contributed by atoms with van der Waals surface area (Å²) in [5.41, 5.74) is 11.3. The summed E-state index contributed by atoms with van der Waals surface area (Å²) in [6.07, 6.45) is -0.0230. The molecule has 0 aliphatic heterocycles. The zero-order chi connectivity index (χ0) is 11.3. The van der Waals surface area contributed by atoms with Crippen molar-refractivity contribution in [2.24, 2.45) is 11.5 Å². The van der Waals surface area contributed by atoms with Gasteiger partial charge >= 0.3 is 5.97 Å². The largest absolute Gasteiger partial charge is 0.466 e. The molecule has 0 unspecified atom stereocenters. The van der Waals surface area contributed by atoms with Gasteiger partial charge in [0.05, 0.1) is 13.0 Å². The van der Waals surface area contributed by atoms with Gasteiger partial charge in [-0.15, -0.1) is 0 Å². The van der Waals surface area contributed by atoms with Gasteiger partial charge in [-0.2, -0.15) is 0 Å². The van der Waals surface area contributed by atoms with Gasteiger partial charge in [-0.25, -0.2) is 0 Å². The number of hydrogen-bond acceptors (Lipinski definition) is 4. The van der Waals surface area contributed by atoms with Gasteiger partial charge in [-0.05, 0) is 12.5 Å². The maximum atomic E-state index is 11.2. The minimum atomic E-state index is -1.16. The highest BCUT2D eigenvalue weighted by Crippen LogP contribution is 2.16. The highest BCUT2D eigenvalue weighted by molar-refractivity contribution is 5.71. The maximum Gasteiger partial charge on any atom is 0.309 e. The standard InChI is InChI=1S/C11H16N2O2/c1-2-15-10(14)8-11(12,13)9-6-4-3-5-7-9/h3-7H,2,8,12-13H2,1H3. The fourth-order valence-corrected chi connectivity index (χ4v) is 1.30. The molecule has 0 fully saturated rings. The number of esters is 1. The van der Waals surface area contributed by atoms with E-state index in [4.69, 9.17) is 16.2 Å². The molecule has 0 aromatic heterocycles. The summed E-state index contributed by atoms with van der Waals surface area (Å²) in [5, 5.41) is 0. The van der Waals surface area contributed by atoms with E-state index in [1.807, 2.05) is 18.2 Å². The van der Waals surface area contributed by atoms with Crippen molar-refractivity contribution in [1.82, 2.24) is 0 Å². The molecule has 4 heteroatoms. The summed E-state index contributed by atoms with van der Waals surface area (Å²) in [6.45, 7) is 2.08. The molecule has 0 radical (unpaired) electrons. The molecular weight excluding hydrogens is 192 g/mol. The normalized spacial score (nSPS) is 11.1. The molecule has 0 aliphatic carbocycles. The monoisotopic (exact) mass is 208 g/mol. The lowest BCUT2D eigenvalue weighted by atomic mass is 9.98. The van der Waals surface area contributed by atoms with Crippen LogP contribution in [0.5, 0.6) is 0 Å². The average molecular weight is 208 g/mol. The second-order valence-corrected chi connectivity index (χ2v) is 3.39. The number of carbonyl (C=O) groups is 1. The number of rotatable bonds is 4. The van der Waals surface area contributed by atoms with E-state index in [9.17, 15) is 4.79 Å². The van der Waals surface area contributed by atoms with E-state index in [0.717, 1.165) is 5.56 Å². The van der Waals surface area contributed by atoms with Crippen LogP contribution in [0.4, 0.5) is 0 Å². The van der Waals surface area contributed by atoms with Crippen LogP contribution in [0.25, 0.3) is 0 Å². The average Bonchev–Trinajstić information content (AvgIpc) is 2.18. The van der Waals surface area contributed by atoms with E-state index in [0.29, 0.717) is 6.61 Å². The molecule has 1 aromatic rings. The van der Waals surface area contributed by atoms with Gasteiger partial charge in [0.15, 0.2) is 0 Å². The number of ether oxygens (including phenoxy) is 1. The fourth-order valence-electron chi connectivity index (χ4n) is 1.30. The van der Waals surface area contributed by atoms with Crippen LogP contribution in [-0.2, 0) is 15.2 Å². The zero-order valence-corrected chi connectivity index (χ0v) is 8.77. The van der Waals surface area contributed by atoms with Crippen LogP contribution in [-0.4, -0.2) is 12.6 Å². The molecule has 1 rings (SSSR count). The van der Waals surface area contributed by atoms with Crippen LogP contribution >= 0.6 is 0 Å². The number of benzene rings is 1. The molecule has 4 nitrogen and oxygen atoms in total. The summed E-state index contributed by atoms with van der Waals surface area (Å²) in [6, 6.07) is 9.10. The van der Waals surface area contributed by atoms with Crippen molar-refractivity contribution in [3.63, 3.8) is 0 Å². The van der Waals surface area contributed by atoms with Gasteiger partial charge < -0.3 is 16.2 Å². The predicted octanol–water partition coefficient (Wildman–Crippen LogP) is 0.710. The van der Waals surface area contributed by atoms with Gasteiger partial charge in [0.25, 0.3) is 0 Å². The lowest BCUT2D eigenvalue weighted by Gasteiger charge is -2.23. The van der Waals surface area contributed by atoms with E-state index < -0.39 is 5.66 Å². The van der Waals surface area contributed by atoms with Crippen LogP contribution in [0.1, 0.15) is 18.9 Å². The minimum Gasteiger partial charge on any atom is -0.466 e. The molecule has 0 atom stereocenters. The molecule has 1 aromatic carbocycles. The number of hydrogen-bond donors (Lipinski definition) is 2. The highest BCUT2D eigenvalue weighted by atomic mass is 16.5. The Labute approximate surface area is 89.2 Å². The Hall–Kier alpha value is -1.39. The molecular formula is C11H16N2O2. The molecule has 0 amide bonds. The van der Waals surface area contributed by atoms with E-state index >= 15 is 0 Å². The van der Waals surface area contributed by atoms with Crippen molar-refractivity contribution in [3.05, 3.63) is 35.9 Å². The van der Waals surface area contributed by atoms with E-state index in [1.54, 1.807) is 19.1 Å². The van der Waals surface area contributed by atoms with Crippen LogP contribution in [0.15, 0.2) is 30.3 Å². The molecule has 0 spiro atoms. The summed E-state index contributed by atoms with van der Waals surface area (Å²) in [5.74, 6) is -0.383. The second kappa shape index (κ2) is 4.91. The number of nitrogens with two attached hydrogens (primary N) is 2. The molecule has 15 heavy (non-hydrogen) atoms. The van der Waals surface area contributed by atoms with Crippen LogP contribution in [0.3, 0.4) is 0 Å². The summed E-state index contributed by atoms with van der Waals surface area (Å²) in [4.78, 5) is 11.2. The molecule has 4 N–H and O–H groups in total. The summed E-state index contributed by atoms with van der Waals surface area (Å²) < 4.78 is 4.80. The topological polar surface area (TPSA) is 78.3 Å². The Morgan fingerprint density at radius 2 is 1.93 bits per heavy atom. The van der Waals surface area contributed by atoms with Crippen molar-refractivity contribution in [2.75, 3.05) is 6.61 Å². The van der Waals surface area contributed by atoms with Crippen molar-refractivity contribution in [2.45, 2.75) is 19.0 Å². The van der Waals surface area contributed by atoms with Gasteiger partial charge in [0.1, 0.15) is 5.66 Å². The Morgan fingerprint density at radius 3 is 2.47 bits per heavy atom. The lowest BCUT2D eigenvalue weighted by Crippen LogP contribution is -2.48. The van der Waals surface area contributed by atoms with Gasteiger partial charge in [-0.1, -0.05) is 30.3 Å². The van der Waals surface area contributed by atoms with Crippen LogP contribution in [0.2, 0.25) is 0 Å². The van der Waals surface area contributed by atoms with E-state index in [1.165, 1.54) is 0 Å². The molecule has 0 aliphatic rings. The first-order valence-corrected chi connectivity index (χ1v) is 4.85. The van der Waals surface area contributed by atoms with Crippen LogP contribution < -0.4 is 11.5 Å².